The number of hydrogen-bond donors (Lipinski definition) is 0. The first-order valence-corrected chi connectivity index (χ1v) is 15.3. The van der Waals surface area contributed by atoms with E-state index < -0.39 is 0 Å². The maximum atomic E-state index is 12.9. The van der Waals surface area contributed by atoms with E-state index in [0.717, 1.165) is 46.8 Å². The molecule has 2 amide bonds. The summed E-state index contributed by atoms with van der Waals surface area (Å²) in [7, 11) is 0. The minimum Gasteiger partial charge on any atom is -0.391 e. The van der Waals surface area contributed by atoms with Gasteiger partial charge in [0, 0.05) is 31.8 Å². The second kappa shape index (κ2) is 13.3. The normalized spacial score (nSPS) is 19.4. The molecule has 2 atom stereocenters. The molecule has 2 aromatic heterocycles. The molecule has 0 N–H and O–H groups in total. The molecule has 0 aliphatic carbocycles. The van der Waals surface area contributed by atoms with Crippen LogP contribution in [0.4, 0.5) is 0 Å². The van der Waals surface area contributed by atoms with Gasteiger partial charge in [0.25, 0.3) is 11.8 Å². The Labute approximate surface area is 258 Å². The number of rotatable bonds is 10. The highest BCUT2D eigenvalue weighted by Crippen LogP contribution is 2.41. The Kier molecular flexibility index (Phi) is 8.89. The number of pyridine rings is 2. The van der Waals surface area contributed by atoms with Gasteiger partial charge in [-0.3, -0.25) is 29.4 Å². The van der Waals surface area contributed by atoms with Gasteiger partial charge >= 0.3 is 0 Å². The number of benzene rings is 2. The first kappa shape index (κ1) is 29.4. The first-order chi connectivity index (χ1) is 21.5. The second-order valence-corrected chi connectivity index (χ2v) is 11.5. The Balaban J connectivity index is 1.24. The van der Waals surface area contributed by atoms with Crippen molar-refractivity contribution in [3.05, 3.63) is 130 Å². The number of piperidine rings is 1. The molecule has 1 fully saturated rings. The number of unbranched alkanes of at least 4 members (excludes halogenated alkanes) is 1. The van der Waals surface area contributed by atoms with Crippen LogP contribution in [0.3, 0.4) is 0 Å². The summed E-state index contributed by atoms with van der Waals surface area (Å²) in [4.78, 5) is 45.3. The van der Waals surface area contributed by atoms with Crippen LogP contribution in [0, 0.1) is 13.8 Å². The Morgan fingerprint density at radius 1 is 0.727 bits per heavy atom. The number of oxime groups is 1. The van der Waals surface area contributed by atoms with Crippen molar-refractivity contribution in [1.29, 1.82) is 0 Å². The van der Waals surface area contributed by atoms with E-state index in [2.05, 4.69) is 36.0 Å². The molecule has 2 aromatic carbocycles. The van der Waals surface area contributed by atoms with Crippen LogP contribution in [-0.4, -0.2) is 50.4 Å². The summed E-state index contributed by atoms with van der Waals surface area (Å²) in [6.07, 6.45) is 6.57. The van der Waals surface area contributed by atoms with E-state index in [9.17, 15) is 9.59 Å². The van der Waals surface area contributed by atoms with Crippen molar-refractivity contribution in [2.45, 2.75) is 58.2 Å². The fraction of sp³-hybridized carbons (Fsp3) is 0.306. The number of carbonyl (C=O) groups excluding carboxylic acids is 2. The molecule has 2 aliphatic heterocycles. The Morgan fingerprint density at radius 3 is 1.84 bits per heavy atom. The zero-order valence-corrected chi connectivity index (χ0v) is 25.2. The molecule has 0 radical (unpaired) electrons. The van der Waals surface area contributed by atoms with Crippen LogP contribution in [0.2, 0.25) is 0 Å². The summed E-state index contributed by atoms with van der Waals surface area (Å²) in [5.41, 5.74) is 7.31. The monoisotopic (exact) mass is 587 g/mol. The molecular weight excluding hydrogens is 550 g/mol. The van der Waals surface area contributed by atoms with Crippen LogP contribution in [0.5, 0.6) is 0 Å². The highest BCUT2D eigenvalue weighted by atomic mass is 16.6. The molecule has 8 heteroatoms. The van der Waals surface area contributed by atoms with Gasteiger partial charge in [-0.1, -0.05) is 59.8 Å². The van der Waals surface area contributed by atoms with Crippen molar-refractivity contribution in [2.75, 3.05) is 13.1 Å². The van der Waals surface area contributed by atoms with Gasteiger partial charge in [0.05, 0.1) is 40.3 Å². The smallest absolute Gasteiger partial charge is 0.261 e. The lowest BCUT2D eigenvalue weighted by atomic mass is 9.87. The highest BCUT2D eigenvalue weighted by molar-refractivity contribution is 6.21. The lowest BCUT2D eigenvalue weighted by molar-refractivity contribution is 0.0643. The molecule has 44 heavy (non-hydrogen) atoms. The summed E-state index contributed by atoms with van der Waals surface area (Å²) in [6, 6.07) is 25.2. The number of likely N-dealkylation sites (tertiary alicyclic amines) is 1. The summed E-state index contributed by atoms with van der Waals surface area (Å²) in [6.45, 7) is 5.75. The molecule has 1 saturated heterocycles. The van der Waals surface area contributed by atoms with Gasteiger partial charge in [0.15, 0.2) is 0 Å². The van der Waals surface area contributed by atoms with Gasteiger partial charge in [0.1, 0.15) is 6.61 Å². The molecule has 4 heterocycles. The number of nitrogens with zero attached hydrogens (tertiary/aromatic N) is 5. The zero-order chi connectivity index (χ0) is 30.5. The van der Waals surface area contributed by atoms with Gasteiger partial charge in [-0.15, -0.1) is 0 Å². The van der Waals surface area contributed by atoms with Crippen LogP contribution in [-0.2, 0) is 11.4 Å². The molecule has 6 rings (SSSR count). The largest absolute Gasteiger partial charge is 0.391 e. The lowest BCUT2D eigenvalue weighted by Crippen LogP contribution is -2.42. The van der Waals surface area contributed by atoms with E-state index in [0.29, 0.717) is 43.5 Å². The predicted molar refractivity (Wildman–Crippen MR) is 169 cm³/mol. The molecule has 0 saturated carbocycles. The van der Waals surface area contributed by atoms with E-state index in [-0.39, 0.29) is 23.9 Å². The third kappa shape index (κ3) is 6.17. The van der Waals surface area contributed by atoms with Gasteiger partial charge in [0.2, 0.25) is 0 Å². The van der Waals surface area contributed by atoms with Gasteiger partial charge < -0.3 is 4.84 Å². The van der Waals surface area contributed by atoms with Gasteiger partial charge in [-0.25, -0.2) is 0 Å². The van der Waals surface area contributed by atoms with E-state index in [4.69, 9.17) is 14.8 Å². The van der Waals surface area contributed by atoms with E-state index in [1.165, 1.54) is 4.90 Å². The molecule has 4 aromatic rings. The Hall–Kier alpha value is -4.69. The molecular formula is C36H37N5O3. The fourth-order valence-corrected chi connectivity index (χ4v) is 6.35. The highest BCUT2D eigenvalue weighted by Gasteiger charge is 2.39. The molecule has 0 bridgehead atoms. The maximum absolute atomic E-state index is 12.9. The summed E-state index contributed by atoms with van der Waals surface area (Å²) >= 11 is 0. The van der Waals surface area contributed by atoms with Crippen molar-refractivity contribution in [3.8, 4) is 0 Å². The average molecular weight is 588 g/mol. The fourth-order valence-electron chi connectivity index (χ4n) is 6.35. The van der Waals surface area contributed by atoms with E-state index in [1.807, 2.05) is 54.9 Å². The quantitative estimate of drug-likeness (QED) is 0.118. The number of amides is 2. The standard InChI is InChI=1S/C36H37N5O3/c1-25-12-10-18-37-33(25)31-22-28(39-44-24-27-14-4-3-5-15-27)23-32(34-26(2)13-11-19-38-34)40(31)20-8-9-21-41-35(42)29-16-6-7-17-30(29)36(41)43/h3-7,10-19,31-32H,8-9,20-24H2,1-2H3/t31-,32+. The van der Waals surface area contributed by atoms with Crippen molar-refractivity contribution < 1.29 is 14.4 Å². The maximum Gasteiger partial charge on any atom is 0.261 e. The summed E-state index contributed by atoms with van der Waals surface area (Å²) in [5, 5.41) is 4.66. The van der Waals surface area contributed by atoms with Crippen molar-refractivity contribution in [3.63, 3.8) is 0 Å². The van der Waals surface area contributed by atoms with Crippen LogP contribution >= 0.6 is 0 Å². The predicted octanol–water partition coefficient (Wildman–Crippen LogP) is 6.62. The minimum atomic E-state index is -0.205. The summed E-state index contributed by atoms with van der Waals surface area (Å²) in [5.74, 6) is -0.409. The third-order valence-electron chi connectivity index (χ3n) is 8.58. The van der Waals surface area contributed by atoms with Crippen molar-refractivity contribution >= 4 is 17.5 Å². The second-order valence-electron chi connectivity index (χ2n) is 11.5. The Bertz CT molecular complexity index is 1580. The number of imide groups is 1. The topological polar surface area (TPSA) is 88.0 Å². The van der Waals surface area contributed by atoms with Gasteiger partial charge in [-0.05, 0) is 74.2 Å². The molecule has 2 aliphatic rings. The van der Waals surface area contributed by atoms with Gasteiger partial charge in [-0.2, -0.15) is 0 Å². The van der Waals surface area contributed by atoms with Crippen LogP contribution < -0.4 is 0 Å². The Morgan fingerprint density at radius 2 is 1.27 bits per heavy atom. The van der Waals surface area contributed by atoms with E-state index >= 15 is 0 Å². The zero-order valence-electron chi connectivity index (χ0n) is 25.2. The molecule has 224 valence electrons. The number of fused-ring (bicyclic) bond motifs is 1. The number of aromatic nitrogens is 2. The van der Waals surface area contributed by atoms with Crippen molar-refractivity contribution in [2.24, 2.45) is 5.16 Å². The minimum absolute atomic E-state index is 0.0327. The van der Waals surface area contributed by atoms with Crippen LogP contribution in [0.25, 0.3) is 0 Å². The average Bonchev–Trinajstić information content (AvgIpc) is 3.29. The van der Waals surface area contributed by atoms with Crippen LogP contribution in [0.15, 0.2) is 96.4 Å². The number of aryl methyl sites for hydroxylation is 2. The first-order valence-electron chi connectivity index (χ1n) is 15.3. The third-order valence-corrected chi connectivity index (χ3v) is 8.58. The van der Waals surface area contributed by atoms with Crippen LogP contribution in [0.1, 0.15) is 86.6 Å². The molecule has 8 nitrogen and oxygen atoms in total. The lowest BCUT2D eigenvalue weighted by Gasteiger charge is -2.43. The SMILES string of the molecule is Cc1cccnc1[C@H]1CC(=NOCc2ccccc2)C[C@@H](c2ncccc2C)N1CCCCN1C(=O)c2ccccc2C1=O. The van der Waals surface area contributed by atoms with Crippen molar-refractivity contribution in [1.82, 2.24) is 19.8 Å². The molecule has 0 spiro atoms. The summed E-state index contributed by atoms with van der Waals surface area (Å²) < 4.78 is 0. The number of carbonyl (C=O) groups is 2. The number of hydrogen-bond acceptors (Lipinski definition) is 7. The van der Waals surface area contributed by atoms with E-state index in [1.54, 1.807) is 24.3 Å². The molecule has 0 unspecified atom stereocenters.